The summed E-state index contributed by atoms with van der Waals surface area (Å²) < 4.78 is 0. The van der Waals surface area contributed by atoms with Crippen LogP contribution in [0.2, 0.25) is 0 Å². The fourth-order valence-corrected chi connectivity index (χ4v) is 4.87. The molecule has 1 aromatic heterocycles. The summed E-state index contributed by atoms with van der Waals surface area (Å²) in [6, 6.07) is 0.170. The third-order valence-electron chi connectivity index (χ3n) is 5.81. The molecule has 25 heavy (non-hydrogen) atoms. The van der Waals surface area contributed by atoms with E-state index in [1.165, 1.54) is 32.1 Å². The normalized spacial score (nSPS) is 22.0. The molecule has 1 aliphatic heterocycles. The maximum atomic E-state index is 12.7. The minimum absolute atomic E-state index is 0.145. The van der Waals surface area contributed by atoms with Crippen LogP contribution in [0.25, 0.3) is 0 Å². The smallest absolute Gasteiger partial charge is 0.223 e. The minimum atomic E-state index is 0.145. The molecule has 1 aromatic rings. The molecule has 1 atom stereocenters. The molecule has 2 heterocycles. The van der Waals surface area contributed by atoms with Crippen molar-refractivity contribution < 1.29 is 4.79 Å². The fraction of sp³-hybridized carbons (Fsp3) is 0.789. The van der Waals surface area contributed by atoms with Crippen molar-refractivity contribution in [2.24, 2.45) is 17.6 Å². The average Bonchev–Trinajstić information content (AvgIpc) is 3.05. The standard InChI is InChI=1S/C19H32N4OS/c1-14-21-17(13-25-14)12-23-9-7-16(8-10-23)19(24)22-18(11-20)15-5-3-2-4-6-15/h13,15-16,18H,2-12,20H2,1H3,(H,22,24). The number of hydrogen-bond acceptors (Lipinski definition) is 5. The van der Waals surface area contributed by atoms with Crippen molar-refractivity contribution >= 4 is 17.2 Å². The highest BCUT2D eigenvalue weighted by atomic mass is 32.1. The van der Waals surface area contributed by atoms with Crippen LogP contribution in [-0.4, -0.2) is 41.5 Å². The highest BCUT2D eigenvalue weighted by Crippen LogP contribution is 2.27. The van der Waals surface area contributed by atoms with Crippen molar-refractivity contribution in [2.45, 2.75) is 64.5 Å². The van der Waals surface area contributed by atoms with Crippen LogP contribution in [0.5, 0.6) is 0 Å². The Balaban J connectivity index is 1.44. The predicted molar refractivity (Wildman–Crippen MR) is 102 cm³/mol. The summed E-state index contributed by atoms with van der Waals surface area (Å²) in [5, 5.41) is 6.55. The third-order valence-corrected chi connectivity index (χ3v) is 6.63. The van der Waals surface area contributed by atoms with Gasteiger partial charge in [0.15, 0.2) is 0 Å². The number of likely N-dealkylation sites (tertiary alicyclic amines) is 1. The van der Waals surface area contributed by atoms with Gasteiger partial charge in [0.1, 0.15) is 0 Å². The Labute approximate surface area is 155 Å². The van der Waals surface area contributed by atoms with Gasteiger partial charge in [-0.05, 0) is 51.6 Å². The summed E-state index contributed by atoms with van der Waals surface area (Å²) >= 11 is 1.71. The Hall–Kier alpha value is -0.980. The maximum Gasteiger partial charge on any atom is 0.223 e. The Morgan fingerprint density at radius 1 is 1.32 bits per heavy atom. The first-order valence-electron chi connectivity index (χ1n) is 9.79. The number of piperidine rings is 1. The molecular weight excluding hydrogens is 332 g/mol. The van der Waals surface area contributed by atoms with Gasteiger partial charge >= 0.3 is 0 Å². The molecular formula is C19H32N4OS. The van der Waals surface area contributed by atoms with Gasteiger partial charge < -0.3 is 11.1 Å². The average molecular weight is 365 g/mol. The van der Waals surface area contributed by atoms with Crippen LogP contribution in [0.4, 0.5) is 0 Å². The summed E-state index contributed by atoms with van der Waals surface area (Å²) in [5.74, 6) is 0.951. The summed E-state index contributed by atoms with van der Waals surface area (Å²) in [6.45, 7) is 5.48. The van der Waals surface area contributed by atoms with Crippen molar-refractivity contribution in [1.29, 1.82) is 0 Å². The maximum absolute atomic E-state index is 12.7. The molecule has 2 aliphatic rings. The van der Waals surface area contributed by atoms with E-state index < -0.39 is 0 Å². The van der Waals surface area contributed by atoms with E-state index in [0.717, 1.165) is 43.2 Å². The number of aromatic nitrogens is 1. The van der Waals surface area contributed by atoms with E-state index in [1.54, 1.807) is 11.3 Å². The number of hydrogen-bond donors (Lipinski definition) is 2. The molecule has 0 spiro atoms. The van der Waals surface area contributed by atoms with E-state index in [4.69, 9.17) is 5.73 Å². The first-order valence-corrected chi connectivity index (χ1v) is 10.7. The van der Waals surface area contributed by atoms with Crippen molar-refractivity contribution in [1.82, 2.24) is 15.2 Å². The Kier molecular flexibility index (Phi) is 6.84. The first-order chi connectivity index (χ1) is 12.2. The number of nitrogens with two attached hydrogens (primary N) is 1. The van der Waals surface area contributed by atoms with Crippen LogP contribution in [0.15, 0.2) is 5.38 Å². The van der Waals surface area contributed by atoms with E-state index in [-0.39, 0.29) is 17.9 Å². The highest BCUT2D eigenvalue weighted by Gasteiger charge is 2.29. The molecule has 1 saturated carbocycles. The Morgan fingerprint density at radius 2 is 2.04 bits per heavy atom. The van der Waals surface area contributed by atoms with E-state index in [2.05, 4.69) is 20.6 Å². The Morgan fingerprint density at radius 3 is 2.64 bits per heavy atom. The molecule has 0 aromatic carbocycles. The fourth-order valence-electron chi connectivity index (χ4n) is 4.27. The molecule has 1 aliphatic carbocycles. The van der Waals surface area contributed by atoms with Gasteiger partial charge in [-0.1, -0.05) is 19.3 Å². The number of carbonyl (C=O) groups excluding carboxylic acids is 1. The number of carbonyl (C=O) groups is 1. The quantitative estimate of drug-likeness (QED) is 0.814. The van der Waals surface area contributed by atoms with E-state index in [0.29, 0.717) is 12.5 Å². The second-order valence-electron chi connectivity index (χ2n) is 7.66. The largest absolute Gasteiger partial charge is 0.352 e. The number of amides is 1. The van der Waals surface area contributed by atoms with E-state index >= 15 is 0 Å². The molecule has 140 valence electrons. The first kappa shape index (κ1) is 18.8. The van der Waals surface area contributed by atoms with Gasteiger partial charge in [0.2, 0.25) is 5.91 Å². The topological polar surface area (TPSA) is 71.2 Å². The lowest BCUT2D eigenvalue weighted by molar-refractivity contribution is -0.127. The zero-order chi connectivity index (χ0) is 17.6. The SMILES string of the molecule is Cc1nc(CN2CCC(C(=O)NC(CN)C3CCCCC3)CC2)cs1. The molecule has 6 heteroatoms. The molecule has 3 rings (SSSR count). The summed E-state index contributed by atoms with van der Waals surface area (Å²) in [7, 11) is 0. The number of aryl methyl sites for hydroxylation is 1. The molecule has 0 bridgehead atoms. The zero-order valence-corrected chi connectivity index (χ0v) is 16.2. The van der Waals surface area contributed by atoms with Gasteiger partial charge in [-0.15, -0.1) is 11.3 Å². The lowest BCUT2D eigenvalue weighted by Gasteiger charge is -2.34. The van der Waals surface area contributed by atoms with Crippen LogP contribution in [0, 0.1) is 18.8 Å². The molecule has 1 saturated heterocycles. The van der Waals surface area contributed by atoms with Gasteiger partial charge in [-0.2, -0.15) is 0 Å². The summed E-state index contributed by atoms with van der Waals surface area (Å²) in [4.78, 5) is 19.6. The second-order valence-corrected chi connectivity index (χ2v) is 8.72. The van der Waals surface area contributed by atoms with Gasteiger partial charge in [-0.25, -0.2) is 4.98 Å². The Bertz CT molecular complexity index is 547. The molecule has 0 radical (unpaired) electrons. The second kappa shape index (κ2) is 9.10. The van der Waals surface area contributed by atoms with Gasteiger partial charge in [0.25, 0.3) is 0 Å². The number of nitrogens with one attached hydrogen (secondary N) is 1. The van der Waals surface area contributed by atoms with Gasteiger partial charge in [0, 0.05) is 30.4 Å². The highest BCUT2D eigenvalue weighted by molar-refractivity contribution is 7.09. The summed E-state index contributed by atoms with van der Waals surface area (Å²) in [5.41, 5.74) is 7.12. The number of nitrogens with zero attached hydrogens (tertiary/aromatic N) is 2. The summed E-state index contributed by atoms with van der Waals surface area (Å²) in [6.07, 6.45) is 8.21. The van der Waals surface area contributed by atoms with Gasteiger partial charge in [-0.3, -0.25) is 9.69 Å². The van der Waals surface area contributed by atoms with Crippen molar-refractivity contribution in [3.8, 4) is 0 Å². The van der Waals surface area contributed by atoms with Crippen molar-refractivity contribution in [3.63, 3.8) is 0 Å². The van der Waals surface area contributed by atoms with Crippen LogP contribution in [0.1, 0.15) is 55.6 Å². The molecule has 3 N–H and O–H groups in total. The van der Waals surface area contributed by atoms with Crippen LogP contribution < -0.4 is 11.1 Å². The van der Waals surface area contributed by atoms with Gasteiger partial charge in [0.05, 0.1) is 10.7 Å². The lowest BCUT2D eigenvalue weighted by Crippen LogP contribution is -2.49. The molecule has 1 unspecified atom stereocenters. The minimum Gasteiger partial charge on any atom is -0.352 e. The van der Waals surface area contributed by atoms with Crippen LogP contribution >= 0.6 is 11.3 Å². The molecule has 1 amide bonds. The predicted octanol–water partition coefficient (Wildman–Crippen LogP) is 2.69. The van der Waals surface area contributed by atoms with Crippen molar-refractivity contribution in [3.05, 3.63) is 16.1 Å². The third kappa shape index (κ3) is 5.25. The molecule has 2 fully saturated rings. The monoisotopic (exact) mass is 364 g/mol. The van der Waals surface area contributed by atoms with Crippen molar-refractivity contribution in [2.75, 3.05) is 19.6 Å². The number of thiazole rings is 1. The molecule has 5 nitrogen and oxygen atoms in total. The lowest BCUT2D eigenvalue weighted by atomic mass is 9.83. The van der Waals surface area contributed by atoms with E-state index in [1.807, 2.05) is 6.92 Å². The zero-order valence-electron chi connectivity index (χ0n) is 15.4. The van der Waals surface area contributed by atoms with Crippen LogP contribution in [0.3, 0.4) is 0 Å². The van der Waals surface area contributed by atoms with Crippen LogP contribution in [-0.2, 0) is 11.3 Å². The van der Waals surface area contributed by atoms with E-state index in [9.17, 15) is 4.79 Å². The number of rotatable bonds is 6.